The van der Waals surface area contributed by atoms with Crippen LogP contribution in [0.1, 0.15) is 37.0 Å². The van der Waals surface area contributed by atoms with Gasteiger partial charge in [0.2, 0.25) is 0 Å². The smallest absolute Gasteiger partial charge is 0.253 e. The van der Waals surface area contributed by atoms with Crippen LogP contribution in [0.5, 0.6) is 0 Å². The monoisotopic (exact) mass is 294 g/mol. The van der Waals surface area contributed by atoms with E-state index in [-0.39, 0.29) is 5.91 Å². The van der Waals surface area contributed by atoms with Crippen molar-refractivity contribution >= 4 is 21.8 Å². The Morgan fingerprint density at radius 2 is 2.00 bits per heavy atom. The third-order valence-electron chi connectivity index (χ3n) is 2.89. The molecule has 3 nitrogen and oxygen atoms in total. The van der Waals surface area contributed by atoms with Gasteiger partial charge in [-0.3, -0.25) is 4.79 Å². The Labute approximate surface area is 110 Å². The standard InChI is InChI=1S/C13H15BrN2O/c1-3-13(4-2,9-15)16-12(17)10-7-5-6-8-11(10)14/h5-8H,3-4H2,1-2H3,(H,16,17). The van der Waals surface area contributed by atoms with Crippen molar-refractivity contribution in [1.82, 2.24) is 5.32 Å². The summed E-state index contributed by atoms with van der Waals surface area (Å²) >= 11 is 3.33. The van der Waals surface area contributed by atoms with Crippen LogP contribution in [0, 0.1) is 11.3 Å². The van der Waals surface area contributed by atoms with Gasteiger partial charge in [-0.2, -0.15) is 5.26 Å². The molecule has 0 bridgehead atoms. The maximum Gasteiger partial charge on any atom is 0.253 e. The van der Waals surface area contributed by atoms with Gasteiger partial charge in [0.1, 0.15) is 5.54 Å². The van der Waals surface area contributed by atoms with Gasteiger partial charge in [-0.15, -0.1) is 0 Å². The van der Waals surface area contributed by atoms with Crippen molar-refractivity contribution in [1.29, 1.82) is 5.26 Å². The van der Waals surface area contributed by atoms with Crippen molar-refractivity contribution in [2.24, 2.45) is 0 Å². The minimum atomic E-state index is -0.771. The molecule has 0 heterocycles. The van der Waals surface area contributed by atoms with Gasteiger partial charge in [0, 0.05) is 4.47 Å². The number of benzene rings is 1. The number of halogens is 1. The van der Waals surface area contributed by atoms with Crippen LogP contribution in [0.15, 0.2) is 28.7 Å². The molecule has 90 valence electrons. The highest BCUT2D eigenvalue weighted by atomic mass is 79.9. The van der Waals surface area contributed by atoms with Gasteiger partial charge in [0.05, 0.1) is 11.6 Å². The number of hydrogen-bond donors (Lipinski definition) is 1. The Hall–Kier alpha value is -1.34. The molecule has 0 fully saturated rings. The van der Waals surface area contributed by atoms with Crippen LogP contribution < -0.4 is 5.32 Å². The lowest BCUT2D eigenvalue weighted by Gasteiger charge is -2.25. The third kappa shape index (κ3) is 3.07. The summed E-state index contributed by atoms with van der Waals surface area (Å²) in [6, 6.07) is 9.37. The first kappa shape index (κ1) is 13.7. The number of rotatable bonds is 4. The van der Waals surface area contributed by atoms with Gasteiger partial charge >= 0.3 is 0 Å². The van der Waals surface area contributed by atoms with E-state index in [0.717, 1.165) is 4.47 Å². The molecular formula is C13H15BrN2O. The second kappa shape index (κ2) is 5.83. The molecule has 0 spiro atoms. The number of hydrogen-bond acceptors (Lipinski definition) is 2. The first-order valence-electron chi connectivity index (χ1n) is 5.57. The number of nitrogens with zero attached hydrogens (tertiary/aromatic N) is 1. The molecule has 0 saturated carbocycles. The summed E-state index contributed by atoms with van der Waals surface area (Å²) in [7, 11) is 0. The molecule has 1 aromatic carbocycles. The molecule has 17 heavy (non-hydrogen) atoms. The van der Waals surface area contributed by atoms with Crippen molar-refractivity contribution < 1.29 is 4.79 Å². The van der Waals surface area contributed by atoms with Crippen LogP contribution in [0.2, 0.25) is 0 Å². The zero-order chi connectivity index (χ0) is 12.9. The normalized spacial score (nSPS) is 10.7. The molecular weight excluding hydrogens is 280 g/mol. The van der Waals surface area contributed by atoms with Crippen molar-refractivity contribution in [2.45, 2.75) is 32.2 Å². The summed E-state index contributed by atoms with van der Waals surface area (Å²) < 4.78 is 0.733. The molecule has 0 radical (unpaired) electrons. The van der Waals surface area contributed by atoms with Crippen LogP contribution in [-0.2, 0) is 0 Å². The van der Waals surface area contributed by atoms with Crippen molar-refractivity contribution in [3.05, 3.63) is 34.3 Å². The number of carbonyl (C=O) groups is 1. The minimum Gasteiger partial charge on any atom is -0.334 e. The Morgan fingerprint density at radius 3 is 2.47 bits per heavy atom. The van der Waals surface area contributed by atoms with Crippen LogP contribution in [0.4, 0.5) is 0 Å². The topological polar surface area (TPSA) is 52.9 Å². The summed E-state index contributed by atoms with van der Waals surface area (Å²) in [5.41, 5.74) is -0.221. The van der Waals surface area contributed by atoms with E-state index < -0.39 is 5.54 Å². The number of nitriles is 1. The summed E-state index contributed by atoms with van der Waals surface area (Å²) in [4.78, 5) is 12.1. The van der Waals surface area contributed by atoms with Gasteiger partial charge in [-0.25, -0.2) is 0 Å². The lowest BCUT2D eigenvalue weighted by Crippen LogP contribution is -2.46. The molecule has 1 aromatic rings. The lowest BCUT2D eigenvalue weighted by atomic mass is 9.94. The minimum absolute atomic E-state index is 0.220. The first-order valence-corrected chi connectivity index (χ1v) is 6.36. The van der Waals surface area contributed by atoms with Crippen LogP contribution in [0.25, 0.3) is 0 Å². The predicted octanol–water partition coefficient (Wildman–Crippen LogP) is 3.26. The number of amides is 1. The predicted molar refractivity (Wildman–Crippen MR) is 70.5 cm³/mol. The van der Waals surface area contributed by atoms with Gasteiger partial charge in [0.15, 0.2) is 0 Å². The largest absolute Gasteiger partial charge is 0.334 e. The van der Waals surface area contributed by atoms with Crippen molar-refractivity contribution in [2.75, 3.05) is 0 Å². The van der Waals surface area contributed by atoms with E-state index in [0.29, 0.717) is 18.4 Å². The van der Waals surface area contributed by atoms with Crippen LogP contribution in [-0.4, -0.2) is 11.4 Å². The molecule has 0 aliphatic carbocycles. The molecule has 0 aromatic heterocycles. The van der Waals surface area contributed by atoms with Gasteiger partial charge in [-0.05, 0) is 40.9 Å². The van der Waals surface area contributed by atoms with E-state index in [2.05, 4.69) is 27.3 Å². The summed E-state index contributed by atoms with van der Waals surface area (Å²) in [6.45, 7) is 3.79. The highest BCUT2D eigenvalue weighted by Crippen LogP contribution is 2.19. The Balaban J connectivity index is 2.94. The van der Waals surface area contributed by atoms with E-state index in [1.807, 2.05) is 19.9 Å². The highest BCUT2D eigenvalue weighted by Gasteiger charge is 2.28. The molecule has 0 atom stereocenters. The van der Waals surface area contributed by atoms with Gasteiger partial charge < -0.3 is 5.32 Å². The highest BCUT2D eigenvalue weighted by molar-refractivity contribution is 9.10. The zero-order valence-electron chi connectivity index (χ0n) is 9.96. The fourth-order valence-electron chi connectivity index (χ4n) is 1.54. The second-order valence-corrected chi connectivity index (χ2v) is 4.69. The first-order chi connectivity index (χ1) is 8.08. The Morgan fingerprint density at radius 1 is 1.41 bits per heavy atom. The molecule has 1 amide bonds. The molecule has 4 heteroatoms. The average Bonchev–Trinajstić information content (AvgIpc) is 2.36. The average molecular weight is 295 g/mol. The summed E-state index contributed by atoms with van der Waals surface area (Å²) in [5.74, 6) is -0.220. The molecule has 0 aliphatic heterocycles. The lowest BCUT2D eigenvalue weighted by molar-refractivity contribution is 0.0915. The Kier molecular flexibility index (Phi) is 4.71. The van der Waals surface area contributed by atoms with Gasteiger partial charge in [-0.1, -0.05) is 26.0 Å². The third-order valence-corrected chi connectivity index (χ3v) is 3.58. The molecule has 0 saturated heterocycles. The van der Waals surface area contributed by atoms with Crippen LogP contribution >= 0.6 is 15.9 Å². The summed E-state index contributed by atoms with van der Waals surface area (Å²) in [6.07, 6.45) is 1.19. The van der Waals surface area contributed by atoms with E-state index in [1.54, 1.807) is 18.2 Å². The van der Waals surface area contributed by atoms with Crippen molar-refractivity contribution in [3.63, 3.8) is 0 Å². The Bertz CT molecular complexity index is 447. The zero-order valence-corrected chi connectivity index (χ0v) is 11.5. The van der Waals surface area contributed by atoms with E-state index in [4.69, 9.17) is 5.26 Å². The van der Waals surface area contributed by atoms with E-state index in [9.17, 15) is 4.79 Å². The van der Waals surface area contributed by atoms with Gasteiger partial charge in [0.25, 0.3) is 5.91 Å². The van der Waals surface area contributed by atoms with E-state index in [1.165, 1.54) is 0 Å². The quantitative estimate of drug-likeness (QED) is 0.927. The molecule has 1 N–H and O–H groups in total. The molecule has 0 unspecified atom stereocenters. The maximum atomic E-state index is 12.1. The second-order valence-electron chi connectivity index (χ2n) is 3.83. The fourth-order valence-corrected chi connectivity index (χ4v) is 2.01. The SMILES string of the molecule is CCC(C#N)(CC)NC(=O)c1ccccc1Br. The molecule has 0 aliphatic rings. The maximum absolute atomic E-state index is 12.1. The van der Waals surface area contributed by atoms with Crippen molar-refractivity contribution in [3.8, 4) is 6.07 Å². The van der Waals surface area contributed by atoms with E-state index >= 15 is 0 Å². The number of carbonyl (C=O) groups excluding carboxylic acids is 1. The fraction of sp³-hybridized carbons (Fsp3) is 0.385. The number of nitrogens with one attached hydrogen (secondary N) is 1. The van der Waals surface area contributed by atoms with Crippen LogP contribution in [0.3, 0.4) is 0 Å². The summed E-state index contributed by atoms with van der Waals surface area (Å²) in [5, 5.41) is 12.0. The molecule has 1 rings (SSSR count).